The quantitative estimate of drug-likeness (QED) is 0.798. The van der Waals surface area contributed by atoms with Crippen molar-refractivity contribution in [2.24, 2.45) is 0 Å². The van der Waals surface area contributed by atoms with E-state index >= 15 is 0 Å². The number of hydrogen-bond acceptors (Lipinski definition) is 4. The summed E-state index contributed by atoms with van der Waals surface area (Å²) >= 11 is 6.04. The zero-order valence-electron chi connectivity index (χ0n) is 12.6. The first-order valence-corrected chi connectivity index (χ1v) is 9.39. The van der Waals surface area contributed by atoms with E-state index in [0.717, 1.165) is 36.6 Å². The zero-order valence-corrected chi connectivity index (χ0v) is 14.2. The Hall–Kier alpha value is -0.620. The van der Waals surface area contributed by atoms with Gasteiger partial charge in [-0.2, -0.15) is 0 Å². The maximum absolute atomic E-state index is 11.7. The summed E-state index contributed by atoms with van der Waals surface area (Å²) in [5.41, 5.74) is 1.13. The molecular weight excluding hydrogens is 308 g/mol. The highest BCUT2D eigenvalue weighted by molar-refractivity contribution is 7.91. The second kappa shape index (κ2) is 7.09. The van der Waals surface area contributed by atoms with Crippen molar-refractivity contribution >= 4 is 21.4 Å². The molecule has 1 aromatic rings. The molecule has 1 aliphatic heterocycles. The molecule has 0 spiro atoms. The van der Waals surface area contributed by atoms with Crippen LogP contribution >= 0.6 is 11.6 Å². The monoisotopic (exact) mass is 330 g/mol. The molecule has 0 aliphatic carbocycles. The van der Waals surface area contributed by atoms with E-state index in [4.69, 9.17) is 11.6 Å². The predicted octanol–water partition coefficient (Wildman–Crippen LogP) is 1.89. The van der Waals surface area contributed by atoms with Gasteiger partial charge in [-0.25, -0.2) is 8.42 Å². The standard InChI is InChI=1S/C15H23ClN2O2S/c1-17(2)7-8-18(15-6-9-21(19,20)12-15)11-13-4-3-5-14(16)10-13/h3-5,10,15H,6-9,11-12H2,1-2H3/t15-/m1/s1. The Labute approximate surface area is 132 Å². The van der Waals surface area contributed by atoms with Gasteiger partial charge in [-0.3, -0.25) is 4.90 Å². The van der Waals surface area contributed by atoms with Gasteiger partial charge in [0.1, 0.15) is 0 Å². The molecule has 1 saturated heterocycles. The first-order valence-electron chi connectivity index (χ1n) is 7.19. The molecule has 0 bridgehead atoms. The second-order valence-electron chi connectivity index (χ2n) is 5.96. The molecule has 6 heteroatoms. The number of rotatable bonds is 6. The summed E-state index contributed by atoms with van der Waals surface area (Å²) in [6, 6.07) is 7.91. The van der Waals surface area contributed by atoms with E-state index in [1.807, 2.05) is 38.4 Å². The highest BCUT2D eigenvalue weighted by Crippen LogP contribution is 2.21. The number of benzene rings is 1. The number of hydrogen-bond donors (Lipinski definition) is 0. The first kappa shape index (κ1) is 16.7. The summed E-state index contributed by atoms with van der Waals surface area (Å²) in [5.74, 6) is 0.590. The smallest absolute Gasteiger partial charge is 0.151 e. The van der Waals surface area contributed by atoms with Gasteiger partial charge < -0.3 is 4.90 Å². The van der Waals surface area contributed by atoms with Gasteiger partial charge >= 0.3 is 0 Å². The minimum Gasteiger partial charge on any atom is -0.308 e. The summed E-state index contributed by atoms with van der Waals surface area (Å²) in [6.07, 6.45) is 0.732. The zero-order chi connectivity index (χ0) is 15.5. The number of likely N-dealkylation sites (N-methyl/N-ethyl adjacent to an activating group) is 1. The Bertz CT molecular complexity index is 575. The molecule has 21 heavy (non-hydrogen) atoms. The summed E-state index contributed by atoms with van der Waals surface area (Å²) in [5, 5.41) is 0.721. The molecule has 1 fully saturated rings. The minimum absolute atomic E-state index is 0.119. The summed E-state index contributed by atoms with van der Waals surface area (Å²) in [6.45, 7) is 2.52. The van der Waals surface area contributed by atoms with E-state index in [1.54, 1.807) is 0 Å². The van der Waals surface area contributed by atoms with Crippen molar-refractivity contribution in [2.45, 2.75) is 19.0 Å². The van der Waals surface area contributed by atoms with Crippen molar-refractivity contribution in [1.82, 2.24) is 9.80 Å². The van der Waals surface area contributed by atoms with Crippen molar-refractivity contribution < 1.29 is 8.42 Å². The third-order valence-electron chi connectivity index (χ3n) is 3.83. The van der Waals surface area contributed by atoms with E-state index in [9.17, 15) is 8.42 Å². The molecule has 0 amide bonds. The third-order valence-corrected chi connectivity index (χ3v) is 5.82. The van der Waals surface area contributed by atoms with Crippen molar-refractivity contribution in [2.75, 3.05) is 38.7 Å². The summed E-state index contributed by atoms with van der Waals surface area (Å²) < 4.78 is 23.5. The lowest BCUT2D eigenvalue weighted by Crippen LogP contribution is -2.40. The third kappa shape index (κ3) is 5.25. The normalized spacial score (nSPS) is 21.3. The van der Waals surface area contributed by atoms with Crippen molar-refractivity contribution in [3.05, 3.63) is 34.9 Å². The Morgan fingerprint density at radius 1 is 1.29 bits per heavy atom. The van der Waals surface area contributed by atoms with Crippen LogP contribution in [0.4, 0.5) is 0 Å². The second-order valence-corrected chi connectivity index (χ2v) is 8.63. The van der Waals surface area contributed by atoms with Gasteiger partial charge in [-0.15, -0.1) is 0 Å². The fourth-order valence-corrected chi connectivity index (χ4v) is 4.63. The van der Waals surface area contributed by atoms with Crippen molar-refractivity contribution in [3.8, 4) is 0 Å². The van der Waals surface area contributed by atoms with Crippen LogP contribution in [0.15, 0.2) is 24.3 Å². The fourth-order valence-electron chi connectivity index (χ4n) is 2.65. The molecule has 118 valence electrons. The summed E-state index contributed by atoms with van der Waals surface area (Å²) in [4.78, 5) is 4.39. The molecule has 0 saturated carbocycles. The lowest BCUT2D eigenvalue weighted by Gasteiger charge is -2.29. The van der Waals surface area contributed by atoms with Gasteiger partial charge in [-0.1, -0.05) is 23.7 Å². The van der Waals surface area contributed by atoms with Crippen LogP contribution in [0.1, 0.15) is 12.0 Å². The molecule has 1 aliphatic rings. The Balaban J connectivity index is 2.08. The molecule has 0 radical (unpaired) electrons. The first-order chi connectivity index (χ1) is 9.85. The number of nitrogens with zero attached hydrogens (tertiary/aromatic N) is 2. The molecule has 0 aromatic heterocycles. The van der Waals surface area contributed by atoms with E-state index in [0.29, 0.717) is 5.75 Å². The lowest BCUT2D eigenvalue weighted by atomic mass is 10.1. The Morgan fingerprint density at radius 3 is 2.62 bits per heavy atom. The molecule has 0 unspecified atom stereocenters. The molecule has 4 nitrogen and oxygen atoms in total. The Kier molecular flexibility index (Phi) is 5.66. The fraction of sp³-hybridized carbons (Fsp3) is 0.600. The number of sulfone groups is 1. The molecule has 0 N–H and O–H groups in total. The maximum Gasteiger partial charge on any atom is 0.151 e. The van der Waals surface area contributed by atoms with Crippen LogP contribution in [0.5, 0.6) is 0 Å². The van der Waals surface area contributed by atoms with E-state index < -0.39 is 9.84 Å². The topological polar surface area (TPSA) is 40.6 Å². The lowest BCUT2D eigenvalue weighted by molar-refractivity contribution is 0.183. The van der Waals surface area contributed by atoms with E-state index in [2.05, 4.69) is 9.80 Å². The molecule has 1 heterocycles. The predicted molar refractivity (Wildman–Crippen MR) is 87.5 cm³/mol. The molecular formula is C15H23ClN2O2S. The van der Waals surface area contributed by atoms with Crippen molar-refractivity contribution in [3.63, 3.8) is 0 Å². The Morgan fingerprint density at radius 2 is 2.05 bits per heavy atom. The van der Waals surface area contributed by atoms with Crippen LogP contribution in [-0.4, -0.2) is 63.0 Å². The van der Waals surface area contributed by atoms with Crippen LogP contribution in [0.2, 0.25) is 5.02 Å². The average Bonchev–Trinajstić information content (AvgIpc) is 2.74. The van der Waals surface area contributed by atoms with Gasteiger partial charge in [-0.05, 0) is 38.2 Å². The van der Waals surface area contributed by atoms with Gasteiger partial charge in [0.05, 0.1) is 11.5 Å². The molecule has 2 rings (SSSR count). The minimum atomic E-state index is -2.86. The van der Waals surface area contributed by atoms with Crippen molar-refractivity contribution in [1.29, 1.82) is 0 Å². The van der Waals surface area contributed by atoms with E-state index in [1.165, 1.54) is 0 Å². The van der Waals surface area contributed by atoms with Crippen LogP contribution < -0.4 is 0 Å². The highest BCUT2D eigenvalue weighted by Gasteiger charge is 2.32. The van der Waals surface area contributed by atoms with Crippen LogP contribution in [0.3, 0.4) is 0 Å². The number of halogens is 1. The van der Waals surface area contributed by atoms with Crippen LogP contribution in [0, 0.1) is 0 Å². The van der Waals surface area contributed by atoms with Gasteiger partial charge in [0.25, 0.3) is 0 Å². The molecule has 1 aromatic carbocycles. The SMILES string of the molecule is CN(C)CCN(Cc1cccc(Cl)c1)[C@@H]1CCS(=O)(=O)C1. The average molecular weight is 331 g/mol. The largest absolute Gasteiger partial charge is 0.308 e. The van der Waals surface area contributed by atoms with Gasteiger partial charge in [0.2, 0.25) is 0 Å². The van der Waals surface area contributed by atoms with Crippen LogP contribution in [-0.2, 0) is 16.4 Å². The van der Waals surface area contributed by atoms with Crippen LogP contribution in [0.25, 0.3) is 0 Å². The maximum atomic E-state index is 11.7. The van der Waals surface area contributed by atoms with Gasteiger partial charge in [0, 0.05) is 30.7 Å². The molecule has 1 atom stereocenters. The van der Waals surface area contributed by atoms with Gasteiger partial charge in [0.15, 0.2) is 9.84 Å². The highest BCUT2D eigenvalue weighted by atomic mass is 35.5. The summed E-state index contributed by atoms with van der Waals surface area (Å²) in [7, 11) is 1.20. The van der Waals surface area contributed by atoms with E-state index in [-0.39, 0.29) is 11.8 Å².